The minimum atomic E-state index is -0.372. The van der Waals surface area contributed by atoms with Crippen molar-refractivity contribution in [1.29, 1.82) is 0 Å². The first kappa shape index (κ1) is 18.7. The van der Waals surface area contributed by atoms with Crippen LogP contribution in [0.2, 0.25) is 5.02 Å². The lowest BCUT2D eigenvalue weighted by atomic mass is 10.2. The minimum Gasteiger partial charge on any atom is -0.416 e. The van der Waals surface area contributed by atoms with Crippen molar-refractivity contribution in [3.05, 3.63) is 83.4 Å². The van der Waals surface area contributed by atoms with E-state index in [2.05, 4.69) is 20.8 Å². The molecule has 0 spiro atoms. The number of aromatic nitrogens is 2. The highest BCUT2D eigenvalue weighted by molar-refractivity contribution is 6.31. The van der Waals surface area contributed by atoms with Gasteiger partial charge in [0.15, 0.2) is 0 Å². The zero-order valence-electron chi connectivity index (χ0n) is 15.5. The first-order chi connectivity index (χ1) is 14.1. The topological polar surface area (TPSA) is 80.0 Å². The summed E-state index contributed by atoms with van der Waals surface area (Å²) in [5, 5.41) is 14.4. The lowest BCUT2D eigenvalue weighted by Crippen LogP contribution is -2.19. The predicted octanol–water partition coefficient (Wildman–Crippen LogP) is 6.01. The van der Waals surface area contributed by atoms with Gasteiger partial charge in [0.1, 0.15) is 0 Å². The molecule has 6 nitrogen and oxygen atoms in total. The highest BCUT2D eigenvalue weighted by atomic mass is 35.5. The van der Waals surface area contributed by atoms with E-state index in [9.17, 15) is 4.79 Å². The van der Waals surface area contributed by atoms with E-state index < -0.39 is 0 Å². The van der Waals surface area contributed by atoms with Crippen molar-refractivity contribution in [3.8, 4) is 22.9 Å². The fourth-order valence-corrected chi connectivity index (χ4v) is 2.95. The molecule has 4 aromatic rings. The fourth-order valence-electron chi connectivity index (χ4n) is 2.78. The standard InChI is InChI=1S/C22H17ClN4O2/c1-14-10-11-17(23)13-19(14)25-22(28)24-18-9-5-8-16(12-18)21-27-26-20(29-21)15-6-3-2-4-7-15/h2-13H,1H3,(H2,24,25,28). The van der Waals surface area contributed by atoms with Gasteiger partial charge in [0.05, 0.1) is 0 Å². The third kappa shape index (κ3) is 4.44. The van der Waals surface area contributed by atoms with Gasteiger partial charge >= 0.3 is 6.03 Å². The van der Waals surface area contributed by atoms with Crippen molar-refractivity contribution in [2.45, 2.75) is 6.92 Å². The molecule has 2 N–H and O–H groups in total. The number of hydrogen-bond donors (Lipinski definition) is 2. The van der Waals surface area contributed by atoms with Gasteiger partial charge in [-0.2, -0.15) is 0 Å². The second-order valence-corrected chi connectivity index (χ2v) is 6.83. The molecule has 3 aromatic carbocycles. The van der Waals surface area contributed by atoms with Gasteiger partial charge in [-0.25, -0.2) is 4.79 Å². The molecular formula is C22H17ClN4O2. The normalized spacial score (nSPS) is 10.6. The Morgan fingerprint density at radius 3 is 2.38 bits per heavy atom. The van der Waals surface area contributed by atoms with Crippen LogP contribution in [0.1, 0.15) is 5.56 Å². The van der Waals surface area contributed by atoms with Gasteiger partial charge in [-0.1, -0.05) is 41.9 Å². The molecule has 0 aliphatic carbocycles. The monoisotopic (exact) mass is 404 g/mol. The maximum Gasteiger partial charge on any atom is 0.323 e. The molecule has 0 unspecified atom stereocenters. The van der Waals surface area contributed by atoms with Crippen LogP contribution in [-0.4, -0.2) is 16.2 Å². The summed E-state index contributed by atoms with van der Waals surface area (Å²) >= 11 is 6.00. The number of carbonyl (C=O) groups is 1. The van der Waals surface area contributed by atoms with E-state index in [4.69, 9.17) is 16.0 Å². The van der Waals surface area contributed by atoms with Crippen LogP contribution < -0.4 is 10.6 Å². The van der Waals surface area contributed by atoms with E-state index in [1.165, 1.54) is 0 Å². The van der Waals surface area contributed by atoms with Crippen molar-refractivity contribution in [3.63, 3.8) is 0 Å². The summed E-state index contributed by atoms with van der Waals surface area (Å²) < 4.78 is 5.78. The van der Waals surface area contributed by atoms with Crippen LogP contribution in [-0.2, 0) is 0 Å². The lowest BCUT2D eigenvalue weighted by Gasteiger charge is -2.10. The summed E-state index contributed by atoms with van der Waals surface area (Å²) in [4.78, 5) is 12.4. The quantitative estimate of drug-likeness (QED) is 0.436. The van der Waals surface area contributed by atoms with Crippen LogP contribution in [0.3, 0.4) is 0 Å². The molecule has 144 valence electrons. The summed E-state index contributed by atoms with van der Waals surface area (Å²) in [6.45, 7) is 1.90. The molecule has 29 heavy (non-hydrogen) atoms. The largest absolute Gasteiger partial charge is 0.416 e. The van der Waals surface area contributed by atoms with E-state index in [0.29, 0.717) is 33.7 Å². The molecule has 1 heterocycles. The zero-order chi connectivity index (χ0) is 20.2. The molecule has 0 fully saturated rings. The average molecular weight is 405 g/mol. The number of benzene rings is 3. The lowest BCUT2D eigenvalue weighted by molar-refractivity contribution is 0.262. The van der Waals surface area contributed by atoms with Crippen LogP contribution in [0.15, 0.2) is 77.2 Å². The SMILES string of the molecule is Cc1ccc(Cl)cc1NC(=O)Nc1cccc(-c2nnc(-c3ccccc3)o2)c1. The Balaban J connectivity index is 1.50. The van der Waals surface area contributed by atoms with Gasteiger partial charge in [-0.15, -0.1) is 10.2 Å². The van der Waals surface area contributed by atoms with E-state index in [1.807, 2.05) is 55.5 Å². The van der Waals surface area contributed by atoms with Gasteiger partial charge in [0.2, 0.25) is 11.8 Å². The van der Waals surface area contributed by atoms with E-state index >= 15 is 0 Å². The van der Waals surface area contributed by atoms with Gasteiger partial charge in [0.25, 0.3) is 0 Å². The Hall–Kier alpha value is -3.64. The summed E-state index contributed by atoms with van der Waals surface area (Å²) in [5.74, 6) is 0.812. The summed E-state index contributed by atoms with van der Waals surface area (Å²) in [5.41, 5.74) is 3.71. The van der Waals surface area contributed by atoms with Crippen LogP contribution >= 0.6 is 11.6 Å². The Labute approximate surface area is 172 Å². The maximum atomic E-state index is 12.4. The summed E-state index contributed by atoms with van der Waals surface area (Å²) in [6.07, 6.45) is 0. The molecule has 0 saturated carbocycles. The van der Waals surface area contributed by atoms with Gasteiger partial charge in [-0.05, 0) is 55.0 Å². The van der Waals surface area contributed by atoms with Crippen molar-refractivity contribution >= 4 is 29.0 Å². The van der Waals surface area contributed by atoms with Crippen molar-refractivity contribution < 1.29 is 9.21 Å². The number of urea groups is 1. The Bertz CT molecular complexity index is 1160. The Morgan fingerprint density at radius 1 is 0.862 bits per heavy atom. The molecule has 0 aliphatic heterocycles. The summed E-state index contributed by atoms with van der Waals surface area (Å²) in [7, 11) is 0. The van der Waals surface area contributed by atoms with E-state index in [-0.39, 0.29) is 6.03 Å². The first-order valence-electron chi connectivity index (χ1n) is 8.92. The third-order valence-corrected chi connectivity index (χ3v) is 4.50. The van der Waals surface area contributed by atoms with Gasteiger partial charge < -0.3 is 15.1 Å². The number of carbonyl (C=O) groups excluding carboxylic acids is 1. The van der Waals surface area contributed by atoms with E-state index in [0.717, 1.165) is 11.1 Å². The Morgan fingerprint density at radius 2 is 1.59 bits per heavy atom. The number of rotatable bonds is 4. The van der Waals surface area contributed by atoms with Crippen LogP contribution in [0, 0.1) is 6.92 Å². The maximum absolute atomic E-state index is 12.4. The Kier molecular flexibility index (Phi) is 5.27. The number of aryl methyl sites for hydroxylation is 1. The molecule has 2 amide bonds. The molecule has 1 aromatic heterocycles. The summed E-state index contributed by atoms with van der Waals surface area (Å²) in [6, 6.07) is 21.7. The first-order valence-corrected chi connectivity index (χ1v) is 9.30. The molecule has 0 radical (unpaired) electrons. The van der Waals surface area contributed by atoms with Crippen molar-refractivity contribution in [1.82, 2.24) is 10.2 Å². The molecular weight excluding hydrogens is 388 g/mol. The molecule has 0 saturated heterocycles. The zero-order valence-corrected chi connectivity index (χ0v) is 16.3. The van der Waals surface area contributed by atoms with Crippen molar-refractivity contribution in [2.75, 3.05) is 10.6 Å². The van der Waals surface area contributed by atoms with Crippen LogP contribution in [0.4, 0.5) is 16.2 Å². The number of amides is 2. The van der Waals surface area contributed by atoms with Crippen LogP contribution in [0.25, 0.3) is 22.9 Å². The smallest absolute Gasteiger partial charge is 0.323 e. The molecule has 0 aliphatic rings. The third-order valence-electron chi connectivity index (χ3n) is 4.26. The van der Waals surface area contributed by atoms with Crippen LogP contribution in [0.5, 0.6) is 0 Å². The average Bonchev–Trinajstić information content (AvgIpc) is 3.22. The van der Waals surface area contributed by atoms with Gasteiger partial charge in [0, 0.05) is 27.5 Å². The van der Waals surface area contributed by atoms with E-state index in [1.54, 1.807) is 24.3 Å². The molecule has 0 bridgehead atoms. The number of nitrogens with one attached hydrogen (secondary N) is 2. The second kappa shape index (κ2) is 8.16. The molecule has 4 rings (SSSR count). The fraction of sp³-hybridized carbons (Fsp3) is 0.0455. The second-order valence-electron chi connectivity index (χ2n) is 6.40. The number of halogens is 1. The minimum absolute atomic E-state index is 0.372. The highest BCUT2D eigenvalue weighted by Gasteiger charge is 2.12. The molecule has 7 heteroatoms. The highest BCUT2D eigenvalue weighted by Crippen LogP contribution is 2.26. The number of anilines is 2. The number of nitrogens with zero attached hydrogens (tertiary/aromatic N) is 2. The molecule has 0 atom stereocenters. The van der Waals surface area contributed by atoms with Crippen molar-refractivity contribution in [2.24, 2.45) is 0 Å². The van der Waals surface area contributed by atoms with Gasteiger partial charge in [-0.3, -0.25) is 0 Å². The predicted molar refractivity (Wildman–Crippen MR) is 114 cm³/mol. The number of hydrogen-bond acceptors (Lipinski definition) is 4.